The Hall–Kier alpha value is -2.97. The Morgan fingerprint density at radius 1 is 1.38 bits per heavy atom. The number of anilines is 1. The molecule has 3 heterocycles. The Labute approximate surface area is 119 Å². The third-order valence-electron chi connectivity index (χ3n) is 3.32. The number of hydrogen-bond donors (Lipinski definition) is 2. The lowest BCUT2D eigenvalue weighted by molar-refractivity contribution is 0.0690. The van der Waals surface area contributed by atoms with Crippen LogP contribution >= 0.6 is 0 Å². The molecule has 3 rings (SSSR count). The molecule has 2 aromatic rings. The minimum absolute atomic E-state index is 0.0321. The number of hydrogen-bond acceptors (Lipinski definition) is 6. The Morgan fingerprint density at radius 2 is 2.14 bits per heavy atom. The molecule has 0 aromatic carbocycles. The molecule has 9 heteroatoms. The zero-order valence-corrected chi connectivity index (χ0v) is 10.9. The van der Waals surface area contributed by atoms with E-state index in [9.17, 15) is 9.59 Å². The minimum atomic E-state index is -1.10. The van der Waals surface area contributed by atoms with Crippen molar-refractivity contribution in [3.05, 3.63) is 35.8 Å². The maximum atomic E-state index is 11.1. The summed E-state index contributed by atoms with van der Waals surface area (Å²) in [7, 11) is 0. The van der Waals surface area contributed by atoms with Gasteiger partial charge in [0.2, 0.25) is 5.91 Å². The van der Waals surface area contributed by atoms with Crippen molar-refractivity contribution in [2.24, 2.45) is 5.73 Å². The molecule has 1 aliphatic heterocycles. The van der Waals surface area contributed by atoms with E-state index in [2.05, 4.69) is 15.3 Å². The molecule has 1 fully saturated rings. The lowest BCUT2D eigenvalue weighted by Gasteiger charge is -2.39. The molecule has 108 valence electrons. The first-order chi connectivity index (χ1) is 10.0. The molecule has 21 heavy (non-hydrogen) atoms. The molecular formula is C12H12N6O3. The number of carbonyl (C=O) groups excluding carboxylic acids is 1. The van der Waals surface area contributed by atoms with Crippen LogP contribution in [0.5, 0.6) is 0 Å². The van der Waals surface area contributed by atoms with Crippen LogP contribution in [0.2, 0.25) is 0 Å². The highest BCUT2D eigenvalue weighted by Crippen LogP contribution is 2.26. The summed E-state index contributed by atoms with van der Waals surface area (Å²) < 4.78 is 1.53. The van der Waals surface area contributed by atoms with Gasteiger partial charge >= 0.3 is 5.97 Å². The summed E-state index contributed by atoms with van der Waals surface area (Å²) in [5.41, 5.74) is 5.55. The topological polar surface area (TPSA) is 127 Å². The highest BCUT2D eigenvalue weighted by molar-refractivity contribution is 5.93. The molecule has 0 saturated carbocycles. The third-order valence-corrected chi connectivity index (χ3v) is 3.32. The highest BCUT2D eigenvalue weighted by Gasteiger charge is 2.30. The van der Waals surface area contributed by atoms with Crippen molar-refractivity contribution < 1.29 is 14.7 Å². The number of carboxylic acids is 1. The molecule has 1 aliphatic rings. The maximum absolute atomic E-state index is 11.1. The number of carbonyl (C=O) groups is 2. The van der Waals surface area contributed by atoms with Gasteiger partial charge in [0, 0.05) is 24.8 Å². The molecule has 0 aliphatic carbocycles. The Balaban J connectivity index is 1.68. The number of carboxylic acid groups (broad SMARTS) is 1. The van der Waals surface area contributed by atoms with Crippen LogP contribution in [-0.4, -0.2) is 50.1 Å². The van der Waals surface area contributed by atoms with Crippen LogP contribution < -0.4 is 10.6 Å². The maximum Gasteiger partial charge on any atom is 0.358 e. The van der Waals surface area contributed by atoms with Crippen LogP contribution in [-0.2, 0) is 0 Å². The lowest BCUT2D eigenvalue weighted by atomic mass is 10.1. The van der Waals surface area contributed by atoms with Gasteiger partial charge in [0.1, 0.15) is 5.82 Å². The van der Waals surface area contributed by atoms with Crippen molar-refractivity contribution >= 4 is 17.7 Å². The second kappa shape index (κ2) is 4.85. The largest absolute Gasteiger partial charge is 0.476 e. The average Bonchev–Trinajstić information content (AvgIpc) is 2.87. The van der Waals surface area contributed by atoms with Crippen molar-refractivity contribution in [2.45, 2.75) is 6.04 Å². The molecule has 1 saturated heterocycles. The van der Waals surface area contributed by atoms with Crippen LogP contribution in [0.3, 0.4) is 0 Å². The second-order valence-corrected chi connectivity index (χ2v) is 4.71. The van der Waals surface area contributed by atoms with E-state index in [1.54, 1.807) is 12.1 Å². The molecule has 0 unspecified atom stereocenters. The first kappa shape index (κ1) is 13.0. The molecule has 2 aromatic heterocycles. The number of amides is 1. The summed E-state index contributed by atoms with van der Waals surface area (Å²) in [6.07, 6.45) is 2.93. The molecule has 0 radical (unpaired) electrons. The van der Waals surface area contributed by atoms with E-state index in [1.165, 1.54) is 17.1 Å². The van der Waals surface area contributed by atoms with Gasteiger partial charge in [-0.2, -0.15) is 0 Å². The van der Waals surface area contributed by atoms with Crippen LogP contribution in [0.4, 0.5) is 5.82 Å². The predicted molar refractivity (Wildman–Crippen MR) is 71.0 cm³/mol. The molecule has 0 spiro atoms. The Bertz CT molecular complexity index is 707. The van der Waals surface area contributed by atoms with E-state index >= 15 is 0 Å². The summed E-state index contributed by atoms with van der Waals surface area (Å²) in [5.74, 6) is -0.951. The van der Waals surface area contributed by atoms with Gasteiger partial charge < -0.3 is 15.7 Å². The fraction of sp³-hybridized carbons (Fsp3) is 0.250. The summed E-state index contributed by atoms with van der Waals surface area (Å²) in [5, 5.41) is 16.2. The standard InChI is InChI=1S/C12H12N6O3/c13-11(19)7-1-2-14-10(3-7)17-4-8(5-17)18-6-9(12(20)21)15-16-18/h1-3,6,8H,4-5H2,(H2,13,19)(H,20,21). The molecule has 0 bridgehead atoms. The summed E-state index contributed by atoms with van der Waals surface area (Å²) in [4.78, 5) is 28.0. The van der Waals surface area contributed by atoms with Crippen molar-refractivity contribution in [3.8, 4) is 0 Å². The zero-order valence-electron chi connectivity index (χ0n) is 10.9. The van der Waals surface area contributed by atoms with E-state index in [4.69, 9.17) is 10.8 Å². The fourth-order valence-corrected chi connectivity index (χ4v) is 2.11. The normalized spacial score (nSPS) is 14.8. The van der Waals surface area contributed by atoms with E-state index in [-0.39, 0.29) is 11.7 Å². The number of pyridine rings is 1. The van der Waals surface area contributed by atoms with Gasteiger partial charge in [-0.05, 0) is 12.1 Å². The monoisotopic (exact) mass is 288 g/mol. The zero-order chi connectivity index (χ0) is 15.0. The number of rotatable bonds is 4. The highest BCUT2D eigenvalue weighted by atomic mass is 16.4. The molecule has 3 N–H and O–H groups in total. The minimum Gasteiger partial charge on any atom is -0.476 e. The second-order valence-electron chi connectivity index (χ2n) is 4.71. The number of aromatic nitrogens is 4. The first-order valence-corrected chi connectivity index (χ1v) is 6.20. The van der Waals surface area contributed by atoms with E-state index in [0.29, 0.717) is 24.5 Å². The van der Waals surface area contributed by atoms with Crippen molar-refractivity contribution in [3.63, 3.8) is 0 Å². The van der Waals surface area contributed by atoms with Crippen LogP contribution in [0.25, 0.3) is 0 Å². The molecule has 9 nitrogen and oxygen atoms in total. The molecule has 1 amide bonds. The van der Waals surface area contributed by atoms with Gasteiger partial charge in [-0.1, -0.05) is 5.21 Å². The first-order valence-electron chi connectivity index (χ1n) is 6.20. The number of primary amides is 1. The SMILES string of the molecule is NC(=O)c1ccnc(N2CC(n3cc(C(=O)O)nn3)C2)c1. The van der Waals surface area contributed by atoms with Gasteiger partial charge in [0.15, 0.2) is 5.69 Å². The molecular weight excluding hydrogens is 276 g/mol. The van der Waals surface area contributed by atoms with Gasteiger partial charge in [-0.3, -0.25) is 4.79 Å². The Kier molecular flexibility index (Phi) is 3.01. The summed E-state index contributed by atoms with van der Waals surface area (Å²) in [6, 6.07) is 3.21. The fourth-order valence-electron chi connectivity index (χ4n) is 2.11. The van der Waals surface area contributed by atoms with E-state index in [1.807, 2.05) is 4.90 Å². The lowest BCUT2D eigenvalue weighted by Crippen LogP contribution is -2.48. The van der Waals surface area contributed by atoms with E-state index in [0.717, 1.165) is 0 Å². The van der Waals surface area contributed by atoms with Gasteiger partial charge in [-0.25, -0.2) is 14.5 Å². The van der Waals surface area contributed by atoms with Gasteiger partial charge in [0.25, 0.3) is 0 Å². The summed E-state index contributed by atoms with van der Waals surface area (Å²) >= 11 is 0. The van der Waals surface area contributed by atoms with E-state index < -0.39 is 11.9 Å². The van der Waals surface area contributed by atoms with Crippen LogP contribution in [0, 0.1) is 0 Å². The Morgan fingerprint density at radius 3 is 2.76 bits per heavy atom. The number of nitrogens with two attached hydrogens (primary N) is 1. The van der Waals surface area contributed by atoms with Gasteiger partial charge in [0.05, 0.1) is 12.2 Å². The number of aromatic carboxylic acids is 1. The summed E-state index contributed by atoms with van der Waals surface area (Å²) in [6.45, 7) is 1.22. The predicted octanol–water partition coefficient (Wildman–Crippen LogP) is -0.469. The average molecular weight is 288 g/mol. The van der Waals surface area contributed by atoms with Gasteiger partial charge in [-0.15, -0.1) is 5.10 Å². The smallest absolute Gasteiger partial charge is 0.358 e. The van der Waals surface area contributed by atoms with Crippen LogP contribution in [0.15, 0.2) is 24.5 Å². The van der Waals surface area contributed by atoms with Crippen LogP contribution in [0.1, 0.15) is 26.9 Å². The van der Waals surface area contributed by atoms with Crippen molar-refractivity contribution in [1.29, 1.82) is 0 Å². The quantitative estimate of drug-likeness (QED) is 0.778. The van der Waals surface area contributed by atoms with Crippen molar-refractivity contribution in [1.82, 2.24) is 20.0 Å². The molecule has 0 atom stereocenters. The number of nitrogens with zero attached hydrogens (tertiary/aromatic N) is 5. The third kappa shape index (κ3) is 2.40. The van der Waals surface area contributed by atoms with Crippen molar-refractivity contribution in [2.75, 3.05) is 18.0 Å².